The molecule has 20 heavy (non-hydrogen) atoms. The summed E-state index contributed by atoms with van der Waals surface area (Å²) in [6, 6.07) is 6.17. The van der Waals surface area contributed by atoms with E-state index in [0.29, 0.717) is 27.3 Å². The van der Waals surface area contributed by atoms with Crippen molar-refractivity contribution in [3.8, 4) is 11.5 Å². The highest BCUT2D eigenvalue weighted by atomic mass is 35.5. The maximum absolute atomic E-state index is 6.35. The van der Waals surface area contributed by atoms with Crippen molar-refractivity contribution in [1.29, 1.82) is 0 Å². The predicted molar refractivity (Wildman–Crippen MR) is 80.2 cm³/mol. The number of hydrogen-bond donors (Lipinski definition) is 0. The lowest BCUT2D eigenvalue weighted by atomic mass is 10.0. The molecule has 0 spiro atoms. The summed E-state index contributed by atoms with van der Waals surface area (Å²) >= 11 is 8.04. The zero-order valence-corrected chi connectivity index (χ0v) is 12.6. The first kappa shape index (κ1) is 12.7. The topological polar surface area (TPSA) is 38.9 Å². The van der Waals surface area contributed by atoms with Gasteiger partial charge in [0.25, 0.3) is 5.22 Å². The molecule has 1 aromatic heterocycles. The van der Waals surface area contributed by atoms with Crippen LogP contribution in [0.3, 0.4) is 0 Å². The largest absolute Gasteiger partial charge is 0.411 e. The van der Waals surface area contributed by atoms with E-state index in [0.717, 1.165) is 5.56 Å². The van der Waals surface area contributed by atoms with Crippen LogP contribution in [0.2, 0.25) is 5.02 Å². The van der Waals surface area contributed by atoms with Crippen LogP contribution in [0.5, 0.6) is 0 Å². The Labute approximate surface area is 127 Å². The minimum atomic E-state index is 0.527. The SMILES string of the molecule is Clc1cc(C2CC2)ccc1-c1nnc(SC2CCC2)o1. The van der Waals surface area contributed by atoms with Gasteiger partial charge in [0.15, 0.2) is 0 Å². The van der Waals surface area contributed by atoms with Crippen LogP contribution in [-0.2, 0) is 0 Å². The fourth-order valence-corrected chi connectivity index (χ4v) is 3.71. The maximum atomic E-state index is 6.35. The number of rotatable bonds is 4. The fraction of sp³-hybridized carbons (Fsp3) is 0.467. The minimum absolute atomic E-state index is 0.527. The molecule has 0 aliphatic heterocycles. The summed E-state index contributed by atoms with van der Waals surface area (Å²) < 4.78 is 5.73. The summed E-state index contributed by atoms with van der Waals surface area (Å²) in [5.74, 6) is 1.23. The summed E-state index contributed by atoms with van der Waals surface area (Å²) in [6.45, 7) is 0. The van der Waals surface area contributed by atoms with Crippen molar-refractivity contribution in [2.24, 2.45) is 0 Å². The molecule has 2 aliphatic rings. The Bertz CT molecular complexity index is 635. The highest BCUT2D eigenvalue weighted by Gasteiger charge is 2.25. The number of halogens is 1. The molecule has 104 valence electrons. The number of hydrogen-bond acceptors (Lipinski definition) is 4. The molecule has 2 aliphatic carbocycles. The van der Waals surface area contributed by atoms with E-state index >= 15 is 0 Å². The average Bonchev–Trinajstić information content (AvgIpc) is 3.14. The second-order valence-electron chi connectivity index (χ2n) is 5.56. The summed E-state index contributed by atoms with van der Waals surface area (Å²) in [5, 5.41) is 10.3. The van der Waals surface area contributed by atoms with Gasteiger partial charge in [0, 0.05) is 5.25 Å². The molecule has 0 atom stereocenters. The van der Waals surface area contributed by atoms with Crippen LogP contribution in [0.1, 0.15) is 43.6 Å². The van der Waals surface area contributed by atoms with Crippen LogP contribution in [0.15, 0.2) is 27.8 Å². The van der Waals surface area contributed by atoms with Gasteiger partial charge in [-0.2, -0.15) is 0 Å². The first-order chi connectivity index (χ1) is 9.79. The third kappa shape index (κ3) is 2.47. The molecule has 2 fully saturated rings. The molecular formula is C15H15ClN2OS. The van der Waals surface area contributed by atoms with Gasteiger partial charge >= 0.3 is 0 Å². The van der Waals surface area contributed by atoms with Crippen LogP contribution >= 0.6 is 23.4 Å². The highest BCUT2D eigenvalue weighted by molar-refractivity contribution is 7.99. The fourth-order valence-electron chi connectivity index (χ4n) is 2.37. The van der Waals surface area contributed by atoms with E-state index in [1.165, 1.54) is 37.7 Å². The van der Waals surface area contributed by atoms with Gasteiger partial charge in [0.05, 0.1) is 10.6 Å². The summed E-state index contributed by atoms with van der Waals surface area (Å²) in [4.78, 5) is 0. The molecule has 5 heteroatoms. The van der Waals surface area contributed by atoms with Crippen molar-refractivity contribution in [2.45, 2.75) is 48.5 Å². The molecule has 1 heterocycles. The lowest BCUT2D eigenvalue weighted by molar-refractivity contribution is 0.455. The van der Waals surface area contributed by atoms with Crippen LogP contribution in [0, 0.1) is 0 Å². The molecule has 4 rings (SSSR count). The lowest BCUT2D eigenvalue weighted by Crippen LogP contribution is -2.12. The first-order valence-electron chi connectivity index (χ1n) is 7.09. The van der Waals surface area contributed by atoms with Crippen molar-refractivity contribution >= 4 is 23.4 Å². The van der Waals surface area contributed by atoms with E-state index in [2.05, 4.69) is 16.3 Å². The van der Waals surface area contributed by atoms with Gasteiger partial charge < -0.3 is 4.42 Å². The summed E-state index contributed by atoms with van der Waals surface area (Å²) in [5.41, 5.74) is 2.16. The zero-order chi connectivity index (χ0) is 13.5. The third-order valence-electron chi connectivity index (χ3n) is 4.00. The van der Waals surface area contributed by atoms with E-state index in [-0.39, 0.29) is 0 Å². The molecular weight excluding hydrogens is 292 g/mol. The first-order valence-corrected chi connectivity index (χ1v) is 8.35. The van der Waals surface area contributed by atoms with Crippen LogP contribution in [-0.4, -0.2) is 15.4 Å². The second kappa shape index (κ2) is 5.08. The van der Waals surface area contributed by atoms with Crippen LogP contribution in [0.25, 0.3) is 11.5 Å². The smallest absolute Gasteiger partial charge is 0.277 e. The normalized spacial score (nSPS) is 19.1. The molecule has 2 saturated carbocycles. The molecule has 0 saturated heterocycles. The van der Waals surface area contributed by atoms with Crippen molar-refractivity contribution in [1.82, 2.24) is 10.2 Å². The second-order valence-corrected chi connectivity index (χ2v) is 7.22. The molecule has 2 aromatic rings. The molecule has 0 N–H and O–H groups in total. The van der Waals surface area contributed by atoms with Gasteiger partial charge in [-0.1, -0.05) is 35.9 Å². The zero-order valence-electron chi connectivity index (χ0n) is 11.0. The van der Waals surface area contributed by atoms with E-state index in [1.54, 1.807) is 11.8 Å². The number of nitrogens with zero attached hydrogens (tertiary/aromatic N) is 2. The molecule has 3 nitrogen and oxygen atoms in total. The Hall–Kier alpha value is -1.00. The van der Waals surface area contributed by atoms with Gasteiger partial charge in [-0.15, -0.1) is 10.2 Å². The Morgan fingerprint density at radius 3 is 2.65 bits per heavy atom. The molecule has 0 bridgehead atoms. The van der Waals surface area contributed by atoms with Gasteiger partial charge in [-0.25, -0.2) is 0 Å². The monoisotopic (exact) mass is 306 g/mol. The highest BCUT2D eigenvalue weighted by Crippen LogP contribution is 2.42. The number of benzene rings is 1. The van der Waals surface area contributed by atoms with Gasteiger partial charge in [0.1, 0.15) is 0 Å². The molecule has 0 amide bonds. The summed E-state index contributed by atoms with van der Waals surface area (Å²) in [7, 11) is 0. The standard InChI is InChI=1S/C15H15ClN2OS/c16-13-8-10(9-4-5-9)6-7-12(13)14-17-18-15(19-14)20-11-2-1-3-11/h6-9,11H,1-5H2. The quantitative estimate of drug-likeness (QED) is 0.804. The minimum Gasteiger partial charge on any atom is -0.411 e. The van der Waals surface area contributed by atoms with Crippen molar-refractivity contribution < 1.29 is 4.42 Å². The Morgan fingerprint density at radius 2 is 2.00 bits per heavy atom. The van der Waals surface area contributed by atoms with E-state index in [4.69, 9.17) is 16.0 Å². The summed E-state index contributed by atoms with van der Waals surface area (Å²) in [6.07, 6.45) is 6.36. The molecule has 1 aromatic carbocycles. The van der Waals surface area contributed by atoms with Gasteiger partial charge in [-0.3, -0.25) is 0 Å². The number of aromatic nitrogens is 2. The van der Waals surface area contributed by atoms with E-state index in [1.807, 2.05) is 12.1 Å². The van der Waals surface area contributed by atoms with E-state index in [9.17, 15) is 0 Å². The van der Waals surface area contributed by atoms with Crippen LogP contribution < -0.4 is 0 Å². The van der Waals surface area contributed by atoms with Gasteiger partial charge in [0.2, 0.25) is 5.89 Å². The average molecular weight is 307 g/mol. The van der Waals surface area contributed by atoms with Gasteiger partial charge in [-0.05, 0) is 49.3 Å². The van der Waals surface area contributed by atoms with Crippen molar-refractivity contribution in [2.75, 3.05) is 0 Å². The molecule has 0 radical (unpaired) electrons. The van der Waals surface area contributed by atoms with Crippen molar-refractivity contribution in [3.63, 3.8) is 0 Å². The van der Waals surface area contributed by atoms with Crippen LogP contribution in [0.4, 0.5) is 0 Å². The Morgan fingerprint density at radius 1 is 1.15 bits per heavy atom. The third-order valence-corrected chi connectivity index (χ3v) is 5.48. The Balaban J connectivity index is 1.56. The molecule has 0 unspecified atom stereocenters. The van der Waals surface area contributed by atoms with Crippen molar-refractivity contribution in [3.05, 3.63) is 28.8 Å². The van der Waals surface area contributed by atoms with E-state index < -0.39 is 0 Å². The lowest BCUT2D eigenvalue weighted by Gasteiger charge is -2.22. The maximum Gasteiger partial charge on any atom is 0.277 e. The number of thioether (sulfide) groups is 1. The Kier molecular flexibility index (Phi) is 3.23. The predicted octanol–water partition coefficient (Wildman–Crippen LogP) is 4.91.